The third-order valence-electron chi connectivity index (χ3n) is 2.53. The van der Waals surface area contributed by atoms with Crippen molar-refractivity contribution in [2.24, 2.45) is 0 Å². The summed E-state index contributed by atoms with van der Waals surface area (Å²) in [7, 11) is -1.84. The van der Waals surface area contributed by atoms with Crippen LogP contribution < -0.4 is 5.32 Å². The zero-order chi connectivity index (χ0) is 13.6. The van der Waals surface area contributed by atoms with Crippen molar-refractivity contribution in [3.63, 3.8) is 0 Å². The molecule has 0 saturated carbocycles. The standard InChI is InChI=1S/C12H17NO4S/c1-3-18(15,16)11-6-4-10(5-7-11)8-9-13-12(14)17-2/h4-7H,3,8-9H2,1-2H3,(H,13,14). The van der Waals surface area contributed by atoms with Crippen LogP contribution in [0.4, 0.5) is 4.79 Å². The quantitative estimate of drug-likeness (QED) is 0.878. The van der Waals surface area contributed by atoms with Crippen molar-refractivity contribution >= 4 is 15.9 Å². The molecule has 0 bridgehead atoms. The van der Waals surface area contributed by atoms with Crippen molar-refractivity contribution in [1.82, 2.24) is 5.32 Å². The molecule has 0 aliphatic carbocycles. The second kappa shape index (κ2) is 6.39. The van der Waals surface area contributed by atoms with Gasteiger partial charge >= 0.3 is 6.09 Å². The van der Waals surface area contributed by atoms with Gasteiger partial charge in [-0.1, -0.05) is 19.1 Å². The molecular weight excluding hydrogens is 254 g/mol. The molecule has 0 aliphatic rings. The minimum absolute atomic E-state index is 0.0935. The van der Waals surface area contributed by atoms with E-state index in [1.165, 1.54) is 7.11 Å². The molecule has 100 valence electrons. The number of nitrogens with one attached hydrogen (secondary N) is 1. The number of amides is 1. The van der Waals surface area contributed by atoms with Gasteiger partial charge in [-0.3, -0.25) is 0 Å². The largest absolute Gasteiger partial charge is 0.453 e. The lowest BCUT2D eigenvalue weighted by atomic mass is 10.1. The SMILES string of the molecule is CCS(=O)(=O)c1ccc(CCNC(=O)OC)cc1. The topological polar surface area (TPSA) is 72.5 Å². The van der Waals surface area contributed by atoms with Gasteiger partial charge in [0.2, 0.25) is 0 Å². The predicted molar refractivity (Wildman–Crippen MR) is 68.3 cm³/mol. The van der Waals surface area contributed by atoms with Crippen molar-refractivity contribution in [1.29, 1.82) is 0 Å². The third-order valence-corrected chi connectivity index (χ3v) is 4.28. The van der Waals surface area contributed by atoms with Gasteiger partial charge in [0, 0.05) is 6.54 Å². The van der Waals surface area contributed by atoms with Crippen LogP contribution in [0.15, 0.2) is 29.2 Å². The normalized spacial score (nSPS) is 11.0. The van der Waals surface area contributed by atoms with Gasteiger partial charge in [0.15, 0.2) is 9.84 Å². The molecule has 1 rings (SSSR count). The molecule has 0 fully saturated rings. The van der Waals surface area contributed by atoms with Gasteiger partial charge < -0.3 is 10.1 Å². The Hall–Kier alpha value is -1.56. The monoisotopic (exact) mass is 271 g/mol. The minimum atomic E-state index is -3.14. The number of hydrogen-bond acceptors (Lipinski definition) is 4. The van der Waals surface area contributed by atoms with Gasteiger partial charge in [0.1, 0.15) is 0 Å². The van der Waals surface area contributed by atoms with Gasteiger partial charge in [-0.05, 0) is 24.1 Å². The Kier molecular flexibility index (Phi) is 5.15. The summed E-state index contributed by atoms with van der Waals surface area (Å²) < 4.78 is 27.6. The number of carbonyl (C=O) groups excluding carboxylic acids is 1. The Morgan fingerprint density at radius 2 is 1.89 bits per heavy atom. The maximum absolute atomic E-state index is 11.6. The molecule has 0 heterocycles. The number of carbonyl (C=O) groups is 1. The smallest absolute Gasteiger partial charge is 0.406 e. The lowest BCUT2D eigenvalue weighted by Crippen LogP contribution is -2.25. The van der Waals surface area contributed by atoms with Gasteiger partial charge in [0.05, 0.1) is 17.8 Å². The van der Waals surface area contributed by atoms with E-state index in [1.54, 1.807) is 31.2 Å². The summed E-state index contributed by atoms with van der Waals surface area (Å²) in [6.45, 7) is 2.07. The van der Waals surface area contributed by atoms with Crippen LogP contribution in [-0.2, 0) is 21.0 Å². The first-order chi connectivity index (χ1) is 8.49. The number of rotatable bonds is 5. The summed E-state index contributed by atoms with van der Waals surface area (Å²) in [5, 5.41) is 2.56. The fraction of sp³-hybridized carbons (Fsp3) is 0.417. The second-order valence-corrected chi connectivity index (χ2v) is 5.99. The molecule has 0 saturated heterocycles. The molecule has 1 aromatic carbocycles. The number of sulfone groups is 1. The molecule has 1 aromatic rings. The molecule has 1 amide bonds. The molecule has 5 nitrogen and oxygen atoms in total. The van der Waals surface area contributed by atoms with E-state index in [1.807, 2.05) is 0 Å². The second-order valence-electron chi connectivity index (χ2n) is 3.72. The van der Waals surface area contributed by atoms with Gasteiger partial charge in [-0.25, -0.2) is 13.2 Å². The Morgan fingerprint density at radius 1 is 1.28 bits per heavy atom. The third kappa shape index (κ3) is 4.03. The molecule has 0 aromatic heterocycles. The molecule has 6 heteroatoms. The molecule has 0 atom stereocenters. The van der Waals surface area contributed by atoms with Crippen molar-refractivity contribution < 1.29 is 17.9 Å². The first-order valence-corrected chi connectivity index (χ1v) is 7.28. The highest BCUT2D eigenvalue weighted by Gasteiger charge is 2.10. The van der Waals surface area contributed by atoms with Crippen molar-refractivity contribution in [2.45, 2.75) is 18.2 Å². The van der Waals surface area contributed by atoms with E-state index < -0.39 is 15.9 Å². The van der Waals surface area contributed by atoms with E-state index >= 15 is 0 Å². The zero-order valence-corrected chi connectivity index (χ0v) is 11.3. The van der Waals surface area contributed by atoms with E-state index in [4.69, 9.17) is 0 Å². The summed E-state index contributed by atoms with van der Waals surface area (Å²) in [5.74, 6) is 0.0935. The highest BCUT2D eigenvalue weighted by atomic mass is 32.2. The molecule has 0 spiro atoms. The van der Waals surface area contributed by atoms with E-state index in [0.29, 0.717) is 17.9 Å². The van der Waals surface area contributed by atoms with Crippen LogP contribution in [-0.4, -0.2) is 33.9 Å². The molecular formula is C12H17NO4S. The van der Waals surface area contributed by atoms with Crippen LogP contribution in [0.2, 0.25) is 0 Å². The molecule has 18 heavy (non-hydrogen) atoms. The lowest BCUT2D eigenvalue weighted by molar-refractivity contribution is 0.171. The van der Waals surface area contributed by atoms with E-state index in [0.717, 1.165) is 5.56 Å². The highest BCUT2D eigenvalue weighted by Crippen LogP contribution is 2.12. The van der Waals surface area contributed by atoms with Crippen molar-refractivity contribution in [3.8, 4) is 0 Å². The Morgan fingerprint density at radius 3 is 2.39 bits per heavy atom. The summed E-state index contributed by atoms with van der Waals surface area (Å²) >= 11 is 0. The molecule has 0 unspecified atom stereocenters. The van der Waals surface area contributed by atoms with Crippen molar-refractivity contribution in [3.05, 3.63) is 29.8 Å². The number of methoxy groups -OCH3 is 1. The average molecular weight is 271 g/mol. The number of alkyl carbamates (subject to hydrolysis) is 1. The lowest BCUT2D eigenvalue weighted by Gasteiger charge is -2.05. The van der Waals surface area contributed by atoms with Crippen LogP contribution in [0.25, 0.3) is 0 Å². The first kappa shape index (κ1) is 14.5. The summed E-state index contributed by atoms with van der Waals surface area (Å²) in [6.07, 6.45) is 0.154. The fourth-order valence-corrected chi connectivity index (χ4v) is 2.30. The van der Waals surface area contributed by atoms with Crippen LogP contribution in [0.1, 0.15) is 12.5 Å². The van der Waals surface area contributed by atoms with E-state index in [2.05, 4.69) is 10.1 Å². The van der Waals surface area contributed by atoms with Crippen molar-refractivity contribution in [2.75, 3.05) is 19.4 Å². The Balaban J connectivity index is 2.59. The van der Waals surface area contributed by atoms with Gasteiger partial charge in [-0.15, -0.1) is 0 Å². The Bertz CT molecular complexity index is 493. The number of benzene rings is 1. The average Bonchev–Trinajstić information content (AvgIpc) is 2.39. The first-order valence-electron chi connectivity index (χ1n) is 5.63. The van der Waals surface area contributed by atoms with Crippen LogP contribution >= 0.6 is 0 Å². The van der Waals surface area contributed by atoms with E-state index in [9.17, 15) is 13.2 Å². The van der Waals surface area contributed by atoms with Crippen LogP contribution in [0, 0.1) is 0 Å². The van der Waals surface area contributed by atoms with Crippen LogP contribution in [0.3, 0.4) is 0 Å². The summed E-state index contributed by atoms with van der Waals surface area (Å²) in [6, 6.07) is 6.68. The summed E-state index contributed by atoms with van der Waals surface area (Å²) in [4.78, 5) is 11.1. The number of hydrogen-bond donors (Lipinski definition) is 1. The van der Waals surface area contributed by atoms with Gasteiger partial charge in [-0.2, -0.15) is 0 Å². The fourth-order valence-electron chi connectivity index (χ4n) is 1.41. The summed E-state index contributed by atoms with van der Waals surface area (Å²) in [5.41, 5.74) is 0.960. The minimum Gasteiger partial charge on any atom is -0.453 e. The zero-order valence-electron chi connectivity index (χ0n) is 10.5. The maximum atomic E-state index is 11.6. The highest BCUT2D eigenvalue weighted by molar-refractivity contribution is 7.91. The number of ether oxygens (including phenoxy) is 1. The van der Waals surface area contributed by atoms with Gasteiger partial charge in [0.25, 0.3) is 0 Å². The van der Waals surface area contributed by atoms with Crippen LogP contribution in [0.5, 0.6) is 0 Å². The predicted octanol–water partition coefficient (Wildman–Crippen LogP) is 1.38. The molecule has 0 radical (unpaired) electrons. The molecule has 0 aliphatic heterocycles. The Labute approximate surface area is 107 Å². The maximum Gasteiger partial charge on any atom is 0.406 e. The van der Waals surface area contributed by atoms with E-state index in [-0.39, 0.29) is 5.75 Å². The molecule has 1 N–H and O–H groups in total.